The first-order chi connectivity index (χ1) is 5.72. The number of hydrogen-bond acceptors (Lipinski definition) is 3. The van der Waals surface area contributed by atoms with Crippen LogP contribution in [0.2, 0.25) is 0 Å². The summed E-state index contributed by atoms with van der Waals surface area (Å²) in [6.07, 6.45) is 2.25. The van der Waals surface area contributed by atoms with Gasteiger partial charge in [0.1, 0.15) is 5.78 Å². The Balaban J connectivity index is 2.07. The van der Waals surface area contributed by atoms with E-state index in [1.807, 2.05) is 0 Å². The highest BCUT2D eigenvalue weighted by atomic mass is 16.5. The molecule has 66 valence electrons. The second-order valence-corrected chi connectivity index (χ2v) is 3.73. The molecular weight excluding hydrogens is 156 g/mol. The second kappa shape index (κ2) is 2.57. The molecule has 2 saturated carbocycles. The van der Waals surface area contributed by atoms with Gasteiger partial charge in [0, 0.05) is 12.3 Å². The third kappa shape index (κ3) is 0.958. The number of hydrogen-bond donors (Lipinski definition) is 0. The van der Waals surface area contributed by atoms with Crippen LogP contribution < -0.4 is 0 Å². The van der Waals surface area contributed by atoms with Gasteiger partial charge in [0.2, 0.25) is 0 Å². The fourth-order valence-corrected chi connectivity index (χ4v) is 2.48. The normalized spacial score (nSPS) is 38.8. The van der Waals surface area contributed by atoms with Crippen LogP contribution in [0.25, 0.3) is 0 Å². The van der Waals surface area contributed by atoms with E-state index in [1.165, 1.54) is 7.11 Å². The van der Waals surface area contributed by atoms with Crippen LogP contribution in [-0.2, 0) is 14.3 Å². The first-order valence-corrected chi connectivity index (χ1v) is 4.33. The molecule has 2 aliphatic carbocycles. The molecule has 0 N–H and O–H groups in total. The van der Waals surface area contributed by atoms with Crippen molar-refractivity contribution in [3.05, 3.63) is 0 Å². The Labute approximate surface area is 71.1 Å². The molecule has 0 aromatic rings. The zero-order chi connectivity index (χ0) is 8.72. The Morgan fingerprint density at radius 3 is 2.67 bits per heavy atom. The molecule has 3 nitrogen and oxygen atoms in total. The molecule has 2 rings (SSSR count). The van der Waals surface area contributed by atoms with E-state index in [-0.39, 0.29) is 23.7 Å². The average molecular weight is 168 g/mol. The Bertz CT molecular complexity index is 234. The third-order valence-electron chi connectivity index (χ3n) is 3.12. The van der Waals surface area contributed by atoms with Crippen molar-refractivity contribution in [2.75, 3.05) is 7.11 Å². The van der Waals surface area contributed by atoms with Crippen molar-refractivity contribution in [3.8, 4) is 0 Å². The molecule has 2 bridgehead atoms. The van der Waals surface area contributed by atoms with E-state index < -0.39 is 0 Å². The lowest BCUT2D eigenvalue weighted by Gasteiger charge is -2.17. The van der Waals surface area contributed by atoms with Crippen LogP contribution in [0.4, 0.5) is 0 Å². The molecule has 0 aliphatic heterocycles. The molecule has 12 heavy (non-hydrogen) atoms. The van der Waals surface area contributed by atoms with Crippen molar-refractivity contribution in [2.24, 2.45) is 17.8 Å². The third-order valence-corrected chi connectivity index (χ3v) is 3.12. The summed E-state index contributed by atoms with van der Waals surface area (Å²) in [5.41, 5.74) is 0. The number of methoxy groups -OCH3 is 1. The van der Waals surface area contributed by atoms with Crippen LogP contribution in [0.15, 0.2) is 0 Å². The van der Waals surface area contributed by atoms with Gasteiger partial charge in [-0.05, 0) is 18.8 Å². The Kier molecular flexibility index (Phi) is 1.67. The summed E-state index contributed by atoms with van der Waals surface area (Å²) in [6.45, 7) is 0. The maximum Gasteiger partial charge on any atom is 0.308 e. The number of ether oxygens (including phenoxy) is 1. The lowest BCUT2D eigenvalue weighted by molar-refractivity contribution is -0.147. The topological polar surface area (TPSA) is 43.4 Å². The second-order valence-electron chi connectivity index (χ2n) is 3.73. The Morgan fingerprint density at radius 2 is 2.25 bits per heavy atom. The molecule has 0 aromatic carbocycles. The lowest BCUT2D eigenvalue weighted by Crippen LogP contribution is -2.25. The molecule has 0 radical (unpaired) electrons. The minimum atomic E-state index is -0.130. The summed E-state index contributed by atoms with van der Waals surface area (Å²) in [4.78, 5) is 22.3. The highest BCUT2D eigenvalue weighted by molar-refractivity contribution is 5.87. The Morgan fingerprint density at radius 1 is 1.50 bits per heavy atom. The summed E-state index contributed by atoms with van der Waals surface area (Å²) in [5, 5.41) is 0. The van der Waals surface area contributed by atoms with Crippen LogP contribution in [0, 0.1) is 17.8 Å². The SMILES string of the molecule is COC(=O)[C@H]1C[C@@H]2C[C@@H]1CC2=O. The predicted octanol–water partition coefficient (Wildman–Crippen LogP) is 0.775. The standard InChI is InChI=1S/C9H12O3/c1-12-9(11)7-3-6-2-5(7)4-8(6)10/h5-7H,2-4H2,1H3/t5-,6+,7+/m1/s1. The van der Waals surface area contributed by atoms with Gasteiger partial charge in [-0.2, -0.15) is 0 Å². The van der Waals surface area contributed by atoms with E-state index in [0.717, 1.165) is 12.8 Å². The van der Waals surface area contributed by atoms with E-state index in [4.69, 9.17) is 0 Å². The molecule has 0 unspecified atom stereocenters. The summed E-state index contributed by atoms with van der Waals surface area (Å²) in [5.74, 6) is 0.682. The van der Waals surface area contributed by atoms with Gasteiger partial charge in [-0.25, -0.2) is 0 Å². The number of Topliss-reactive ketones (excluding diaryl/α,β-unsaturated/α-hetero) is 1. The number of carbonyl (C=O) groups excluding carboxylic acids is 2. The van der Waals surface area contributed by atoms with E-state index >= 15 is 0 Å². The molecule has 0 aromatic heterocycles. The maximum absolute atomic E-state index is 11.2. The van der Waals surface area contributed by atoms with Gasteiger partial charge < -0.3 is 4.74 Å². The molecule has 0 heterocycles. The van der Waals surface area contributed by atoms with Crippen LogP contribution >= 0.6 is 0 Å². The zero-order valence-electron chi connectivity index (χ0n) is 7.08. The van der Waals surface area contributed by atoms with E-state index in [2.05, 4.69) is 4.74 Å². The van der Waals surface area contributed by atoms with E-state index in [0.29, 0.717) is 12.2 Å². The first kappa shape index (κ1) is 7.77. The van der Waals surface area contributed by atoms with Crippen LogP contribution in [0.5, 0.6) is 0 Å². The molecular formula is C9H12O3. The smallest absolute Gasteiger partial charge is 0.308 e. The fraction of sp³-hybridized carbons (Fsp3) is 0.778. The van der Waals surface area contributed by atoms with Crippen molar-refractivity contribution in [3.63, 3.8) is 0 Å². The molecule has 3 atom stereocenters. The minimum absolute atomic E-state index is 0.0118. The maximum atomic E-state index is 11.2. The molecule has 3 heteroatoms. The van der Waals surface area contributed by atoms with Gasteiger partial charge >= 0.3 is 5.97 Å². The van der Waals surface area contributed by atoms with Gasteiger partial charge in [0.05, 0.1) is 13.0 Å². The fourth-order valence-electron chi connectivity index (χ4n) is 2.48. The summed E-state index contributed by atoms with van der Waals surface area (Å²) < 4.78 is 4.67. The van der Waals surface area contributed by atoms with Gasteiger partial charge in [0.25, 0.3) is 0 Å². The monoisotopic (exact) mass is 168 g/mol. The van der Waals surface area contributed by atoms with Crippen molar-refractivity contribution < 1.29 is 14.3 Å². The van der Waals surface area contributed by atoms with Gasteiger partial charge in [-0.3, -0.25) is 9.59 Å². The van der Waals surface area contributed by atoms with Crippen molar-refractivity contribution in [1.82, 2.24) is 0 Å². The summed E-state index contributed by atoms with van der Waals surface area (Å²) in [7, 11) is 1.41. The summed E-state index contributed by atoms with van der Waals surface area (Å²) in [6, 6.07) is 0. The predicted molar refractivity (Wildman–Crippen MR) is 41.3 cm³/mol. The van der Waals surface area contributed by atoms with Crippen LogP contribution in [0.3, 0.4) is 0 Å². The van der Waals surface area contributed by atoms with Crippen LogP contribution in [-0.4, -0.2) is 18.9 Å². The molecule has 0 spiro atoms. The number of rotatable bonds is 1. The van der Waals surface area contributed by atoms with E-state index in [9.17, 15) is 9.59 Å². The van der Waals surface area contributed by atoms with Crippen molar-refractivity contribution in [2.45, 2.75) is 19.3 Å². The number of ketones is 1. The molecule has 0 amide bonds. The first-order valence-electron chi connectivity index (χ1n) is 4.33. The minimum Gasteiger partial charge on any atom is -0.469 e. The lowest BCUT2D eigenvalue weighted by atomic mass is 9.88. The highest BCUT2D eigenvalue weighted by Gasteiger charge is 2.48. The largest absolute Gasteiger partial charge is 0.469 e. The number of carbonyl (C=O) groups is 2. The number of esters is 1. The number of fused-ring (bicyclic) bond motifs is 2. The average Bonchev–Trinajstić information content (AvgIpc) is 2.60. The highest BCUT2D eigenvalue weighted by Crippen LogP contribution is 2.46. The van der Waals surface area contributed by atoms with Gasteiger partial charge in [0.15, 0.2) is 0 Å². The van der Waals surface area contributed by atoms with Crippen molar-refractivity contribution >= 4 is 11.8 Å². The zero-order valence-corrected chi connectivity index (χ0v) is 7.08. The Hall–Kier alpha value is -0.860. The quantitative estimate of drug-likeness (QED) is 0.543. The van der Waals surface area contributed by atoms with Crippen molar-refractivity contribution in [1.29, 1.82) is 0 Å². The van der Waals surface area contributed by atoms with Crippen LogP contribution in [0.1, 0.15) is 19.3 Å². The van der Waals surface area contributed by atoms with Gasteiger partial charge in [-0.15, -0.1) is 0 Å². The van der Waals surface area contributed by atoms with Gasteiger partial charge in [-0.1, -0.05) is 0 Å². The molecule has 2 aliphatic rings. The molecule has 2 fully saturated rings. The summed E-state index contributed by atoms with van der Waals surface area (Å²) >= 11 is 0. The molecule has 0 saturated heterocycles. The van der Waals surface area contributed by atoms with E-state index in [1.54, 1.807) is 0 Å².